The molecule has 2 aliphatic rings. The van der Waals surface area contributed by atoms with E-state index in [1.54, 1.807) is 19.2 Å². The summed E-state index contributed by atoms with van der Waals surface area (Å²) in [4.78, 5) is 31.8. The molecule has 1 aliphatic heterocycles. The molecular formula is C21H29N5O4. The minimum absolute atomic E-state index is 0.0237. The van der Waals surface area contributed by atoms with E-state index in [2.05, 4.69) is 10.1 Å². The molecule has 3 heterocycles. The van der Waals surface area contributed by atoms with Crippen molar-refractivity contribution in [3.05, 3.63) is 34.0 Å². The van der Waals surface area contributed by atoms with E-state index in [4.69, 9.17) is 9.47 Å². The summed E-state index contributed by atoms with van der Waals surface area (Å²) >= 11 is 0. The van der Waals surface area contributed by atoms with E-state index in [1.807, 2.05) is 9.47 Å². The lowest BCUT2D eigenvalue weighted by molar-refractivity contribution is 0.0705. The molecule has 4 rings (SSSR count). The van der Waals surface area contributed by atoms with Gasteiger partial charge in [-0.05, 0) is 31.7 Å². The third kappa shape index (κ3) is 3.68. The monoisotopic (exact) mass is 415 g/mol. The van der Waals surface area contributed by atoms with Crippen molar-refractivity contribution in [2.24, 2.45) is 7.05 Å². The molecule has 0 unspecified atom stereocenters. The number of pyridine rings is 1. The van der Waals surface area contributed by atoms with Crippen molar-refractivity contribution in [2.45, 2.75) is 50.5 Å². The summed E-state index contributed by atoms with van der Waals surface area (Å²) in [5.41, 5.74) is 0.405. The maximum Gasteiger partial charge on any atom is 0.345 e. The second-order valence-electron chi connectivity index (χ2n) is 8.05. The van der Waals surface area contributed by atoms with Crippen LogP contribution in [0.5, 0.6) is 11.8 Å². The molecule has 0 spiro atoms. The summed E-state index contributed by atoms with van der Waals surface area (Å²) in [7, 11) is 4.74. The highest BCUT2D eigenvalue weighted by Crippen LogP contribution is 2.34. The fourth-order valence-electron chi connectivity index (χ4n) is 4.65. The third-order valence-corrected chi connectivity index (χ3v) is 6.29. The van der Waals surface area contributed by atoms with Gasteiger partial charge in [0.05, 0.1) is 14.2 Å². The number of nitrogens with zero attached hydrogens (tertiary/aromatic N) is 5. The topological polar surface area (TPSA) is 91.5 Å². The Morgan fingerprint density at radius 2 is 1.77 bits per heavy atom. The Hall–Kier alpha value is -2.84. The average molecular weight is 415 g/mol. The Kier molecular flexibility index (Phi) is 5.78. The molecule has 0 bridgehead atoms. The quantitative estimate of drug-likeness (QED) is 0.743. The van der Waals surface area contributed by atoms with Crippen LogP contribution >= 0.6 is 0 Å². The average Bonchev–Trinajstić information content (AvgIpc) is 3.41. The number of piperidine rings is 1. The first-order valence-electron chi connectivity index (χ1n) is 10.6. The maximum atomic E-state index is 13.0. The Bertz CT molecular complexity index is 968. The number of methoxy groups -OCH3 is 2. The lowest BCUT2D eigenvalue weighted by Crippen LogP contribution is -2.39. The molecule has 1 aliphatic carbocycles. The van der Waals surface area contributed by atoms with Gasteiger partial charge in [-0.25, -0.2) is 9.48 Å². The largest absolute Gasteiger partial charge is 0.481 e. The fourth-order valence-corrected chi connectivity index (χ4v) is 4.65. The molecular weight excluding hydrogens is 386 g/mol. The lowest BCUT2D eigenvalue weighted by atomic mass is 9.95. The molecule has 1 saturated heterocycles. The van der Waals surface area contributed by atoms with E-state index >= 15 is 0 Å². The molecule has 2 aromatic heterocycles. The van der Waals surface area contributed by atoms with Crippen molar-refractivity contribution in [3.63, 3.8) is 0 Å². The standard InChI is InChI=1S/C21H29N5O4/c1-24-21(28)26(15-6-4-5-7-15)18(23-24)14-10-12-25(13-11-14)20(27)16-8-9-17(29-2)22-19(16)30-3/h8-9,14-15H,4-7,10-13H2,1-3H3. The van der Waals surface area contributed by atoms with E-state index in [-0.39, 0.29) is 29.4 Å². The van der Waals surface area contributed by atoms with Gasteiger partial charge in [-0.1, -0.05) is 12.8 Å². The molecule has 30 heavy (non-hydrogen) atoms. The van der Waals surface area contributed by atoms with E-state index in [0.717, 1.165) is 44.3 Å². The third-order valence-electron chi connectivity index (χ3n) is 6.29. The summed E-state index contributed by atoms with van der Waals surface area (Å²) < 4.78 is 13.8. The van der Waals surface area contributed by atoms with Crippen LogP contribution in [0.1, 0.15) is 66.7 Å². The fraction of sp³-hybridized carbons (Fsp3) is 0.619. The van der Waals surface area contributed by atoms with Gasteiger partial charge in [-0.15, -0.1) is 0 Å². The number of carbonyl (C=O) groups is 1. The zero-order valence-corrected chi connectivity index (χ0v) is 17.8. The van der Waals surface area contributed by atoms with Crippen LogP contribution in [0.3, 0.4) is 0 Å². The lowest BCUT2D eigenvalue weighted by Gasteiger charge is -2.32. The minimum atomic E-state index is -0.102. The Labute approximate surface area is 175 Å². The van der Waals surface area contributed by atoms with Crippen LogP contribution in [-0.4, -0.2) is 57.4 Å². The number of ether oxygens (including phenoxy) is 2. The number of aryl methyl sites for hydroxylation is 1. The van der Waals surface area contributed by atoms with Gasteiger partial charge in [0.2, 0.25) is 11.8 Å². The summed E-state index contributed by atoms with van der Waals surface area (Å²) in [5.74, 6) is 1.63. The van der Waals surface area contributed by atoms with Crippen molar-refractivity contribution in [3.8, 4) is 11.8 Å². The van der Waals surface area contributed by atoms with Crippen LogP contribution < -0.4 is 15.2 Å². The van der Waals surface area contributed by atoms with Crippen molar-refractivity contribution in [1.29, 1.82) is 0 Å². The first-order valence-corrected chi connectivity index (χ1v) is 10.6. The molecule has 9 nitrogen and oxygen atoms in total. The second-order valence-corrected chi connectivity index (χ2v) is 8.05. The molecule has 9 heteroatoms. The van der Waals surface area contributed by atoms with Gasteiger partial charge in [0, 0.05) is 38.2 Å². The highest BCUT2D eigenvalue weighted by Gasteiger charge is 2.32. The second kappa shape index (κ2) is 8.49. The van der Waals surface area contributed by atoms with Crippen LogP contribution in [0, 0.1) is 0 Å². The Balaban J connectivity index is 1.49. The number of rotatable bonds is 5. The zero-order chi connectivity index (χ0) is 21.3. The van der Waals surface area contributed by atoms with Crippen LogP contribution in [0.25, 0.3) is 0 Å². The summed E-state index contributed by atoms with van der Waals surface area (Å²) in [6.45, 7) is 1.21. The molecule has 0 N–H and O–H groups in total. The van der Waals surface area contributed by atoms with Crippen LogP contribution in [0.4, 0.5) is 0 Å². The summed E-state index contributed by atoms with van der Waals surface area (Å²) in [5, 5.41) is 4.57. The molecule has 1 amide bonds. The van der Waals surface area contributed by atoms with Gasteiger partial charge in [-0.3, -0.25) is 9.36 Å². The summed E-state index contributed by atoms with van der Waals surface area (Å²) in [6.07, 6.45) is 5.97. The van der Waals surface area contributed by atoms with E-state index in [1.165, 1.54) is 18.9 Å². The number of likely N-dealkylation sites (tertiary alicyclic amines) is 1. The first-order chi connectivity index (χ1) is 14.5. The highest BCUT2D eigenvalue weighted by molar-refractivity contribution is 5.96. The van der Waals surface area contributed by atoms with Crippen molar-refractivity contribution in [1.82, 2.24) is 24.2 Å². The number of aromatic nitrogens is 4. The predicted octanol–water partition coefficient (Wildman–Crippen LogP) is 2.13. The maximum absolute atomic E-state index is 13.0. The Morgan fingerprint density at radius 1 is 1.07 bits per heavy atom. The number of hydrogen-bond donors (Lipinski definition) is 0. The van der Waals surface area contributed by atoms with E-state index < -0.39 is 0 Å². The highest BCUT2D eigenvalue weighted by atomic mass is 16.5. The van der Waals surface area contributed by atoms with Gasteiger partial charge in [-0.2, -0.15) is 10.1 Å². The SMILES string of the molecule is COc1ccc(C(=O)N2CCC(c3nn(C)c(=O)n3C3CCCC3)CC2)c(OC)n1. The first kappa shape index (κ1) is 20.4. The normalized spacial score (nSPS) is 18.0. The number of amides is 1. The summed E-state index contributed by atoms with van der Waals surface area (Å²) in [6, 6.07) is 3.61. The van der Waals surface area contributed by atoms with Gasteiger partial charge in [0.1, 0.15) is 11.4 Å². The van der Waals surface area contributed by atoms with E-state index in [0.29, 0.717) is 24.5 Å². The molecule has 2 aromatic rings. The number of hydrogen-bond acceptors (Lipinski definition) is 6. The molecule has 162 valence electrons. The van der Waals surface area contributed by atoms with Gasteiger partial charge < -0.3 is 14.4 Å². The van der Waals surface area contributed by atoms with Crippen molar-refractivity contribution >= 4 is 5.91 Å². The van der Waals surface area contributed by atoms with Gasteiger partial charge in [0.15, 0.2) is 0 Å². The minimum Gasteiger partial charge on any atom is -0.481 e. The van der Waals surface area contributed by atoms with Crippen molar-refractivity contribution in [2.75, 3.05) is 27.3 Å². The van der Waals surface area contributed by atoms with Crippen LogP contribution in [-0.2, 0) is 7.05 Å². The molecule has 0 radical (unpaired) electrons. The molecule has 0 aromatic carbocycles. The van der Waals surface area contributed by atoms with Crippen LogP contribution in [0.2, 0.25) is 0 Å². The van der Waals surface area contributed by atoms with E-state index in [9.17, 15) is 9.59 Å². The number of carbonyl (C=O) groups excluding carboxylic acids is 1. The van der Waals surface area contributed by atoms with Gasteiger partial charge in [0.25, 0.3) is 5.91 Å². The molecule has 1 saturated carbocycles. The van der Waals surface area contributed by atoms with Gasteiger partial charge >= 0.3 is 5.69 Å². The van der Waals surface area contributed by atoms with Crippen molar-refractivity contribution < 1.29 is 14.3 Å². The predicted molar refractivity (Wildman–Crippen MR) is 110 cm³/mol. The smallest absolute Gasteiger partial charge is 0.345 e. The molecule has 2 fully saturated rings. The molecule has 0 atom stereocenters. The zero-order valence-electron chi connectivity index (χ0n) is 17.8. The van der Waals surface area contributed by atoms with Crippen LogP contribution in [0.15, 0.2) is 16.9 Å². The Morgan fingerprint density at radius 3 is 2.40 bits per heavy atom.